The number of hydrogen-bond acceptors (Lipinski definition) is 4. The zero-order chi connectivity index (χ0) is 12.8. The SMILES string of the molecule is O=C(O)CC(NC(=O)c1ccsc1)C(=O)CF. The molecule has 2 N–H and O–H groups in total. The third-order valence-corrected chi connectivity index (χ3v) is 2.67. The summed E-state index contributed by atoms with van der Waals surface area (Å²) in [4.78, 5) is 33.1. The fourth-order valence-electron chi connectivity index (χ4n) is 1.15. The van der Waals surface area contributed by atoms with E-state index >= 15 is 0 Å². The lowest BCUT2D eigenvalue weighted by molar-refractivity contribution is -0.139. The first-order valence-electron chi connectivity index (χ1n) is 4.68. The van der Waals surface area contributed by atoms with Gasteiger partial charge in [-0.1, -0.05) is 0 Å². The van der Waals surface area contributed by atoms with Crippen LogP contribution < -0.4 is 5.32 Å². The van der Waals surface area contributed by atoms with Crippen LogP contribution in [0.2, 0.25) is 0 Å². The fourth-order valence-corrected chi connectivity index (χ4v) is 1.78. The Kier molecular flexibility index (Phi) is 4.77. The van der Waals surface area contributed by atoms with Crippen LogP contribution in [0.5, 0.6) is 0 Å². The molecule has 1 heterocycles. The summed E-state index contributed by atoms with van der Waals surface area (Å²) in [6.45, 7) is -1.30. The first-order chi connectivity index (χ1) is 8.04. The summed E-state index contributed by atoms with van der Waals surface area (Å²) in [5, 5.41) is 14.0. The molecule has 92 valence electrons. The molecular weight excluding hydrogens is 249 g/mol. The predicted octanol–water partition coefficient (Wildman–Crippen LogP) is 0.860. The van der Waals surface area contributed by atoms with Gasteiger partial charge in [-0.15, -0.1) is 0 Å². The summed E-state index contributed by atoms with van der Waals surface area (Å²) in [5.41, 5.74) is 0.317. The van der Waals surface area contributed by atoms with Gasteiger partial charge in [-0.25, -0.2) is 4.39 Å². The van der Waals surface area contributed by atoms with Gasteiger partial charge in [0.1, 0.15) is 12.7 Å². The van der Waals surface area contributed by atoms with E-state index in [4.69, 9.17) is 5.11 Å². The molecule has 1 rings (SSSR count). The molecule has 0 aliphatic carbocycles. The van der Waals surface area contributed by atoms with Gasteiger partial charge < -0.3 is 10.4 Å². The minimum atomic E-state index is -1.33. The maximum Gasteiger partial charge on any atom is 0.305 e. The summed E-state index contributed by atoms with van der Waals surface area (Å²) in [7, 11) is 0. The lowest BCUT2D eigenvalue weighted by Gasteiger charge is -2.13. The van der Waals surface area contributed by atoms with Gasteiger partial charge in [0.05, 0.1) is 12.0 Å². The van der Waals surface area contributed by atoms with E-state index in [1.54, 1.807) is 10.8 Å². The van der Waals surface area contributed by atoms with Crippen LogP contribution in [-0.4, -0.2) is 35.5 Å². The monoisotopic (exact) mass is 259 g/mol. The van der Waals surface area contributed by atoms with Crippen molar-refractivity contribution in [3.05, 3.63) is 22.4 Å². The maximum atomic E-state index is 12.2. The molecule has 0 aliphatic rings. The standard InChI is InChI=1S/C10H10FNO4S/c11-4-8(13)7(3-9(14)15)12-10(16)6-1-2-17-5-6/h1-2,5,7H,3-4H2,(H,12,16)(H,14,15). The molecule has 0 aromatic carbocycles. The van der Waals surface area contributed by atoms with E-state index in [0.717, 1.165) is 0 Å². The Morgan fingerprint density at radius 3 is 2.65 bits per heavy atom. The number of carbonyl (C=O) groups is 3. The van der Waals surface area contributed by atoms with E-state index in [9.17, 15) is 18.8 Å². The second-order valence-corrected chi connectivity index (χ2v) is 4.02. The first-order valence-corrected chi connectivity index (χ1v) is 5.62. The Hall–Kier alpha value is -1.76. The summed E-state index contributed by atoms with van der Waals surface area (Å²) in [6.07, 6.45) is -0.626. The fraction of sp³-hybridized carbons (Fsp3) is 0.300. The average Bonchev–Trinajstić information content (AvgIpc) is 2.79. The molecule has 5 nitrogen and oxygen atoms in total. The predicted molar refractivity (Wildman–Crippen MR) is 58.8 cm³/mol. The van der Waals surface area contributed by atoms with E-state index in [1.807, 2.05) is 0 Å². The Morgan fingerprint density at radius 2 is 2.18 bits per heavy atom. The van der Waals surface area contributed by atoms with Crippen LogP contribution in [0.3, 0.4) is 0 Å². The van der Waals surface area contributed by atoms with E-state index in [-0.39, 0.29) is 0 Å². The Balaban J connectivity index is 2.69. The third kappa shape index (κ3) is 3.95. The maximum absolute atomic E-state index is 12.2. The number of hydrogen-bond donors (Lipinski definition) is 2. The van der Waals surface area contributed by atoms with Crippen molar-refractivity contribution in [3.63, 3.8) is 0 Å². The molecule has 1 atom stereocenters. The highest BCUT2D eigenvalue weighted by Crippen LogP contribution is 2.07. The summed E-state index contributed by atoms with van der Waals surface area (Å²) >= 11 is 1.29. The second-order valence-electron chi connectivity index (χ2n) is 3.24. The van der Waals surface area contributed by atoms with Crippen molar-refractivity contribution in [2.24, 2.45) is 0 Å². The van der Waals surface area contributed by atoms with Gasteiger partial charge in [-0.3, -0.25) is 14.4 Å². The van der Waals surface area contributed by atoms with Gasteiger partial charge in [0.2, 0.25) is 0 Å². The molecule has 0 fully saturated rings. The molecule has 1 amide bonds. The van der Waals surface area contributed by atoms with Crippen LogP contribution in [0.1, 0.15) is 16.8 Å². The van der Waals surface area contributed by atoms with Crippen molar-refractivity contribution in [1.82, 2.24) is 5.32 Å². The molecule has 0 bridgehead atoms. The molecule has 0 spiro atoms. The number of nitrogens with one attached hydrogen (secondary N) is 1. The number of alkyl halides is 1. The van der Waals surface area contributed by atoms with Gasteiger partial charge in [0.15, 0.2) is 5.78 Å². The van der Waals surface area contributed by atoms with E-state index in [0.29, 0.717) is 5.56 Å². The highest BCUT2D eigenvalue weighted by Gasteiger charge is 2.23. The summed E-state index contributed by atoms with van der Waals surface area (Å²) in [5.74, 6) is -2.81. The quantitative estimate of drug-likeness (QED) is 0.793. The normalized spacial score (nSPS) is 11.8. The van der Waals surface area contributed by atoms with Crippen LogP contribution in [-0.2, 0) is 9.59 Å². The van der Waals surface area contributed by atoms with Crippen molar-refractivity contribution >= 4 is 29.0 Å². The number of ketones is 1. The highest BCUT2D eigenvalue weighted by atomic mass is 32.1. The van der Waals surface area contributed by atoms with Crippen LogP contribution in [0.15, 0.2) is 16.8 Å². The van der Waals surface area contributed by atoms with Crippen LogP contribution in [0, 0.1) is 0 Å². The van der Waals surface area contributed by atoms with Crippen molar-refractivity contribution in [2.45, 2.75) is 12.5 Å². The summed E-state index contributed by atoms with van der Waals surface area (Å²) < 4.78 is 12.2. The number of carboxylic acids is 1. The van der Waals surface area contributed by atoms with Gasteiger partial charge in [-0.05, 0) is 11.4 Å². The van der Waals surface area contributed by atoms with Gasteiger partial charge >= 0.3 is 5.97 Å². The van der Waals surface area contributed by atoms with E-state index < -0.39 is 36.8 Å². The molecule has 1 unspecified atom stereocenters. The number of rotatable bonds is 6. The van der Waals surface area contributed by atoms with Crippen molar-refractivity contribution in [3.8, 4) is 0 Å². The highest BCUT2D eigenvalue weighted by molar-refractivity contribution is 7.08. The third-order valence-electron chi connectivity index (χ3n) is 1.99. The van der Waals surface area contributed by atoms with E-state index in [2.05, 4.69) is 5.32 Å². The first kappa shape index (κ1) is 13.3. The molecule has 17 heavy (non-hydrogen) atoms. The Bertz CT molecular complexity index is 418. The zero-order valence-corrected chi connectivity index (χ0v) is 9.50. The topological polar surface area (TPSA) is 83.5 Å². The minimum absolute atomic E-state index is 0.317. The van der Waals surface area contributed by atoms with Gasteiger partial charge in [-0.2, -0.15) is 11.3 Å². The van der Waals surface area contributed by atoms with Crippen molar-refractivity contribution in [1.29, 1.82) is 0 Å². The number of Topliss-reactive ketones (excluding diaryl/α,β-unsaturated/α-hetero) is 1. The number of aliphatic carboxylic acids is 1. The van der Waals surface area contributed by atoms with Crippen LogP contribution >= 0.6 is 11.3 Å². The number of carboxylic acid groups (broad SMARTS) is 1. The molecule has 7 heteroatoms. The van der Waals surface area contributed by atoms with Crippen molar-refractivity contribution in [2.75, 3.05) is 6.67 Å². The number of carbonyl (C=O) groups excluding carboxylic acids is 2. The number of thiophene rings is 1. The molecule has 0 aliphatic heterocycles. The Morgan fingerprint density at radius 1 is 1.47 bits per heavy atom. The molecule has 0 saturated heterocycles. The molecular formula is C10H10FNO4S. The number of amides is 1. The number of halogens is 1. The van der Waals surface area contributed by atoms with Crippen LogP contribution in [0.4, 0.5) is 4.39 Å². The average molecular weight is 259 g/mol. The molecule has 1 aromatic rings. The smallest absolute Gasteiger partial charge is 0.305 e. The summed E-state index contributed by atoms with van der Waals surface area (Å²) in [6, 6.07) is 0.197. The second kappa shape index (κ2) is 6.09. The van der Waals surface area contributed by atoms with Gasteiger partial charge in [0, 0.05) is 5.38 Å². The molecule has 0 radical (unpaired) electrons. The minimum Gasteiger partial charge on any atom is -0.481 e. The van der Waals surface area contributed by atoms with Gasteiger partial charge in [0.25, 0.3) is 5.91 Å². The lowest BCUT2D eigenvalue weighted by Crippen LogP contribution is -2.42. The molecule has 0 saturated carbocycles. The van der Waals surface area contributed by atoms with E-state index in [1.165, 1.54) is 17.4 Å². The lowest BCUT2D eigenvalue weighted by atomic mass is 10.1. The van der Waals surface area contributed by atoms with Crippen LogP contribution in [0.25, 0.3) is 0 Å². The molecule has 1 aromatic heterocycles. The van der Waals surface area contributed by atoms with Crippen molar-refractivity contribution < 1.29 is 23.9 Å². The Labute approximate surface area is 100 Å². The largest absolute Gasteiger partial charge is 0.481 e. The zero-order valence-electron chi connectivity index (χ0n) is 8.68.